The molecule has 128 valence electrons. The minimum absolute atomic E-state index is 0.0257. The Morgan fingerprint density at radius 2 is 1.77 bits per heavy atom. The quantitative estimate of drug-likeness (QED) is 0.840. The Hall–Kier alpha value is -0.620. The van der Waals surface area contributed by atoms with Crippen LogP contribution >= 0.6 is 0 Å². The molecule has 0 radical (unpaired) electrons. The van der Waals surface area contributed by atoms with E-state index in [0.29, 0.717) is 44.3 Å². The SMILES string of the molecule is CCCS(=O)(=O)N1CCC(C(=O)N[C@@H]2CCCC[C@H]2C)CC1. The summed E-state index contributed by atoms with van der Waals surface area (Å²) in [6.07, 6.45) is 6.67. The van der Waals surface area contributed by atoms with Crippen molar-refractivity contribution in [1.82, 2.24) is 9.62 Å². The molecule has 0 spiro atoms. The number of rotatable bonds is 5. The van der Waals surface area contributed by atoms with Gasteiger partial charge >= 0.3 is 0 Å². The fraction of sp³-hybridized carbons (Fsp3) is 0.938. The van der Waals surface area contributed by atoms with Crippen molar-refractivity contribution in [2.75, 3.05) is 18.8 Å². The molecule has 2 rings (SSSR count). The van der Waals surface area contributed by atoms with Crippen LogP contribution in [0, 0.1) is 11.8 Å². The van der Waals surface area contributed by atoms with E-state index >= 15 is 0 Å². The van der Waals surface area contributed by atoms with Gasteiger partial charge in [0.05, 0.1) is 5.75 Å². The van der Waals surface area contributed by atoms with Gasteiger partial charge in [0.25, 0.3) is 0 Å². The lowest BCUT2D eigenvalue weighted by molar-refractivity contribution is -0.127. The summed E-state index contributed by atoms with van der Waals surface area (Å²) in [5, 5.41) is 3.21. The van der Waals surface area contributed by atoms with Crippen molar-refractivity contribution in [2.45, 2.75) is 64.8 Å². The highest BCUT2D eigenvalue weighted by Crippen LogP contribution is 2.25. The number of nitrogens with zero attached hydrogens (tertiary/aromatic N) is 1. The zero-order valence-corrected chi connectivity index (χ0v) is 14.7. The van der Waals surface area contributed by atoms with Crippen LogP contribution in [0.25, 0.3) is 0 Å². The van der Waals surface area contributed by atoms with Crippen LogP contribution in [0.2, 0.25) is 0 Å². The molecule has 0 bridgehead atoms. The van der Waals surface area contributed by atoms with Gasteiger partial charge in [-0.3, -0.25) is 4.79 Å². The number of hydrogen-bond acceptors (Lipinski definition) is 3. The van der Waals surface area contributed by atoms with E-state index in [4.69, 9.17) is 0 Å². The maximum atomic E-state index is 12.4. The van der Waals surface area contributed by atoms with Crippen LogP contribution in [0.15, 0.2) is 0 Å². The Bertz CT molecular complexity index is 470. The van der Waals surface area contributed by atoms with E-state index in [1.165, 1.54) is 19.3 Å². The third-order valence-electron chi connectivity index (χ3n) is 5.12. The summed E-state index contributed by atoms with van der Waals surface area (Å²) in [7, 11) is -3.12. The van der Waals surface area contributed by atoms with E-state index in [1.807, 2.05) is 6.92 Å². The summed E-state index contributed by atoms with van der Waals surface area (Å²) in [5.41, 5.74) is 0. The van der Waals surface area contributed by atoms with Crippen LogP contribution in [-0.4, -0.2) is 43.5 Å². The lowest BCUT2D eigenvalue weighted by atomic mass is 9.85. The van der Waals surface area contributed by atoms with E-state index < -0.39 is 10.0 Å². The van der Waals surface area contributed by atoms with E-state index in [1.54, 1.807) is 4.31 Å². The van der Waals surface area contributed by atoms with Crippen LogP contribution in [0.1, 0.15) is 58.8 Å². The maximum absolute atomic E-state index is 12.4. The third-order valence-corrected chi connectivity index (χ3v) is 7.20. The summed E-state index contributed by atoms with van der Waals surface area (Å²) in [5.74, 6) is 0.875. The average molecular weight is 330 g/mol. The zero-order chi connectivity index (χ0) is 16.2. The molecule has 1 amide bonds. The number of carbonyl (C=O) groups is 1. The molecule has 1 aliphatic carbocycles. The van der Waals surface area contributed by atoms with Gasteiger partial charge in [-0.2, -0.15) is 0 Å². The lowest BCUT2D eigenvalue weighted by Crippen LogP contribution is -2.47. The van der Waals surface area contributed by atoms with E-state index in [9.17, 15) is 13.2 Å². The van der Waals surface area contributed by atoms with E-state index in [2.05, 4.69) is 12.2 Å². The lowest BCUT2D eigenvalue weighted by Gasteiger charge is -2.34. The molecule has 2 aliphatic rings. The molecule has 5 nitrogen and oxygen atoms in total. The van der Waals surface area contributed by atoms with Gasteiger partial charge in [-0.15, -0.1) is 0 Å². The molecule has 2 fully saturated rings. The largest absolute Gasteiger partial charge is 0.353 e. The Morgan fingerprint density at radius 1 is 1.14 bits per heavy atom. The van der Waals surface area contributed by atoms with Gasteiger partial charge in [0.2, 0.25) is 15.9 Å². The molecule has 1 heterocycles. The Balaban J connectivity index is 1.82. The molecular weight excluding hydrogens is 300 g/mol. The van der Waals surface area contributed by atoms with Gasteiger partial charge in [-0.25, -0.2) is 12.7 Å². The predicted octanol–water partition coefficient (Wildman–Crippen LogP) is 2.13. The molecular formula is C16H30N2O3S. The second kappa shape index (κ2) is 7.77. The van der Waals surface area contributed by atoms with Crippen molar-refractivity contribution in [3.8, 4) is 0 Å². The van der Waals surface area contributed by atoms with Crippen molar-refractivity contribution in [2.24, 2.45) is 11.8 Å². The predicted molar refractivity (Wildman–Crippen MR) is 87.9 cm³/mol. The van der Waals surface area contributed by atoms with Crippen LogP contribution in [0.3, 0.4) is 0 Å². The molecule has 6 heteroatoms. The number of sulfonamides is 1. The van der Waals surface area contributed by atoms with Crippen molar-refractivity contribution in [1.29, 1.82) is 0 Å². The summed E-state index contributed by atoms with van der Waals surface area (Å²) in [4.78, 5) is 12.4. The normalized spacial score (nSPS) is 28.5. The number of hydrogen-bond donors (Lipinski definition) is 1. The Kier molecular flexibility index (Phi) is 6.26. The standard InChI is InChI=1S/C16H30N2O3S/c1-3-12-22(20,21)18-10-8-14(9-11-18)16(19)17-15-7-5-4-6-13(15)2/h13-15H,3-12H2,1-2H3,(H,17,19)/t13-,15-/m1/s1. The molecule has 1 saturated carbocycles. The molecule has 1 N–H and O–H groups in total. The van der Waals surface area contributed by atoms with Crippen molar-refractivity contribution >= 4 is 15.9 Å². The maximum Gasteiger partial charge on any atom is 0.223 e. The fourth-order valence-electron chi connectivity index (χ4n) is 3.61. The second-order valence-corrected chi connectivity index (χ2v) is 8.95. The number of amides is 1. The zero-order valence-electron chi connectivity index (χ0n) is 13.9. The van der Waals surface area contributed by atoms with Gasteiger partial charge < -0.3 is 5.32 Å². The van der Waals surface area contributed by atoms with Gasteiger partial charge in [-0.05, 0) is 38.0 Å². The average Bonchev–Trinajstić information content (AvgIpc) is 2.49. The molecule has 0 unspecified atom stereocenters. The summed E-state index contributed by atoms with van der Waals surface area (Å²) >= 11 is 0. The first-order valence-electron chi connectivity index (χ1n) is 8.72. The first-order valence-corrected chi connectivity index (χ1v) is 10.3. The molecule has 1 aliphatic heterocycles. The van der Waals surface area contributed by atoms with Crippen molar-refractivity contribution in [3.05, 3.63) is 0 Å². The molecule has 1 saturated heterocycles. The monoisotopic (exact) mass is 330 g/mol. The van der Waals surface area contributed by atoms with Crippen molar-refractivity contribution in [3.63, 3.8) is 0 Å². The van der Waals surface area contributed by atoms with Crippen LogP contribution in [0.4, 0.5) is 0 Å². The van der Waals surface area contributed by atoms with Crippen LogP contribution in [0.5, 0.6) is 0 Å². The number of piperidine rings is 1. The highest BCUT2D eigenvalue weighted by molar-refractivity contribution is 7.89. The van der Waals surface area contributed by atoms with Crippen LogP contribution < -0.4 is 5.32 Å². The van der Waals surface area contributed by atoms with E-state index in [0.717, 1.165) is 6.42 Å². The highest BCUT2D eigenvalue weighted by atomic mass is 32.2. The number of carbonyl (C=O) groups excluding carboxylic acids is 1. The van der Waals surface area contributed by atoms with Gasteiger partial charge in [0.15, 0.2) is 0 Å². The Labute approximate surface area is 134 Å². The second-order valence-electron chi connectivity index (χ2n) is 6.87. The third kappa shape index (κ3) is 4.44. The molecule has 0 aromatic rings. The van der Waals surface area contributed by atoms with E-state index in [-0.39, 0.29) is 17.6 Å². The van der Waals surface area contributed by atoms with Crippen molar-refractivity contribution < 1.29 is 13.2 Å². The molecule has 22 heavy (non-hydrogen) atoms. The van der Waals surface area contributed by atoms with Gasteiger partial charge in [-0.1, -0.05) is 26.7 Å². The fourth-order valence-corrected chi connectivity index (χ4v) is 5.16. The molecule has 0 aromatic heterocycles. The van der Waals surface area contributed by atoms with Crippen LogP contribution in [-0.2, 0) is 14.8 Å². The first kappa shape index (κ1) is 17.7. The summed E-state index contributed by atoms with van der Waals surface area (Å²) in [6.45, 7) is 5.06. The first-order chi connectivity index (χ1) is 10.4. The molecule has 0 aromatic carbocycles. The minimum Gasteiger partial charge on any atom is -0.353 e. The van der Waals surface area contributed by atoms with Gasteiger partial charge in [0, 0.05) is 25.0 Å². The minimum atomic E-state index is -3.12. The smallest absolute Gasteiger partial charge is 0.223 e. The van der Waals surface area contributed by atoms with Gasteiger partial charge in [0.1, 0.15) is 0 Å². The highest BCUT2D eigenvalue weighted by Gasteiger charge is 2.32. The molecule has 2 atom stereocenters. The topological polar surface area (TPSA) is 66.5 Å². The summed E-state index contributed by atoms with van der Waals surface area (Å²) < 4.78 is 25.7. The Morgan fingerprint density at radius 3 is 2.36 bits per heavy atom. The summed E-state index contributed by atoms with van der Waals surface area (Å²) in [6, 6.07) is 0.308. The number of nitrogens with one attached hydrogen (secondary N) is 1.